The molecule has 0 amide bonds. The van der Waals surface area contributed by atoms with E-state index in [1.165, 1.54) is 23.1 Å². The molecular weight excluding hydrogens is 488 g/mol. The van der Waals surface area contributed by atoms with Crippen molar-refractivity contribution in [3.05, 3.63) is 108 Å². The fraction of sp³-hybridized carbons (Fsp3) is 0.154. The van der Waals surface area contributed by atoms with Crippen LogP contribution in [0.5, 0.6) is 0 Å². The van der Waals surface area contributed by atoms with Crippen LogP contribution in [0.25, 0.3) is 10.8 Å². The van der Waals surface area contributed by atoms with Crippen LogP contribution in [0.2, 0.25) is 0 Å². The molecule has 8 heteroatoms. The van der Waals surface area contributed by atoms with Crippen molar-refractivity contribution in [1.29, 1.82) is 0 Å². The SMILES string of the molecule is CC1C[P+](c2ccccc2)(c2ccccc2)Cc2c1ccc1ccccc21.F[P-](F)(F)(F)(F)F. The first-order valence-corrected chi connectivity index (χ1v) is 15.0. The average molecular weight is 512 g/mol. The molecule has 4 aromatic rings. The second-order valence-electron chi connectivity index (χ2n) is 8.69. The van der Waals surface area contributed by atoms with Gasteiger partial charge in [0.25, 0.3) is 0 Å². The number of fused-ring (bicyclic) bond motifs is 3. The molecule has 1 aliphatic rings. The van der Waals surface area contributed by atoms with Crippen molar-refractivity contribution in [2.75, 3.05) is 6.16 Å². The van der Waals surface area contributed by atoms with Gasteiger partial charge in [-0.3, -0.25) is 0 Å². The number of hydrogen-bond donors (Lipinski definition) is 0. The Morgan fingerprint density at radius 1 is 0.647 bits per heavy atom. The molecule has 5 rings (SSSR count). The number of benzene rings is 4. The molecule has 1 atom stereocenters. The van der Waals surface area contributed by atoms with Gasteiger partial charge in [0.15, 0.2) is 0 Å². The second kappa shape index (κ2) is 8.07. The maximum atomic E-state index is 9.87. The number of rotatable bonds is 2. The molecule has 0 fully saturated rings. The zero-order chi connectivity index (χ0) is 24.7. The Morgan fingerprint density at radius 2 is 1.12 bits per heavy atom. The third kappa shape index (κ3) is 5.98. The van der Waals surface area contributed by atoms with Crippen LogP contribution in [0, 0.1) is 0 Å². The van der Waals surface area contributed by atoms with Gasteiger partial charge < -0.3 is 0 Å². The van der Waals surface area contributed by atoms with Crippen LogP contribution in [0.4, 0.5) is 25.2 Å². The minimum absolute atomic E-state index is 0.576. The van der Waals surface area contributed by atoms with Crippen molar-refractivity contribution in [3.8, 4) is 0 Å². The normalized spacial score (nSPS) is 19.2. The van der Waals surface area contributed by atoms with E-state index in [1.807, 2.05) is 0 Å². The van der Waals surface area contributed by atoms with Crippen LogP contribution in [0.3, 0.4) is 0 Å². The molecule has 0 saturated heterocycles. The zero-order valence-corrected chi connectivity index (χ0v) is 20.2. The second-order valence-corrected chi connectivity index (χ2v) is 14.3. The van der Waals surface area contributed by atoms with Gasteiger partial charge in [-0.2, -0.15) is 0 Å². The quantitative estimate of drug-likeness (QED) is 0.185. The van der Waals surface area contributed by atoms with Gasteiger partial charge >= 0.3 is 33.0 Å². The van der Waals surface area contributed by atoms with Gasteiger partial charge in [-0.15, -0.1) is 0 Å². The topological polar surface area (TPSA) is 0 Å². The van der Waals surface area contributed by atoms with Gasteiger partial charge in [-0.1, -0.05) is 79.7 Å². The van der Waals surface area contributed by atoms with E-state index < -0.39 is 15.1 Å². The third-order valence-corrected chi connectivity index (χ3v) is 10.7. The molecular formula is C26H24F6P2. The van der Waals surface area contributed by atoms with Crippen molar-refractivity contribution in [2.24, 2.45) is 0 Å². The van der Waals surface area contributed by atoms with Gasteiger partial charge in [-0.25, -0.2) is 0 Å². The van der Waals surface area contributed by atoms with E-state index in [1.54, 1.807) is 21.7 Å². The van der Waals surface area contributed by atoms with Gasteiger partial charge in [0.1, 0.15) is 0 Å². The molecule has 0 radical (unpaired) electrons. The third-order valence-electron chi connectivity index (χ3n) is 6.12. The predicted octanol–water partition coefficient (Wildman–Crippen LogP) is 9.51. The van der Waals surface area contributed by atoms with Crippen molar-refractivity contribution >= 4 is 36.5 Å². The molecule has 1 unspecified atom stereocenters. The first kappa shape index (κ1) is 24.7. The summed E-state index contributed by atoms with van der Waals surface area (Å²) in [5.74, 6) is 0.576. The van der Waals surface area contributed by atoms with Crippen LogP contribution in [-0.4, -0.2) is 6.16 Å². The summed E-state index contributed by atoms with van der Waals surface area (Å²) < 4.78 is 59.2. The van der Waals surface area contributed by atoms with Crippen LogP contribution in [0.1, 0.15) is 24.0 Å². The molecule has 180 valence electrons. The minimum atomic E-state index is -10.7. The molecule has 0 aliphatic carbocycles. The monoisotopic (exact) mass is 512 g/mol. The van der Waals surface area contributed by atoms with Crippen LogP contribution in [0.15, 0.2) is 97.1 Å². The summed E-state index contributed by atoms with van der Waals surface area (Å²) in [6.45, 7) is 2.42. The van der Waals surface area contributed by atoms with Crippen molar-refractivity contribution in [2.45, 2.75) is 19.0 Å². The fourth-order valence-corrected chi connectivity index (χ4v) is 9.58. The van der Waals surface area contributed by atoms with E-state index in [0.29, 0.717) is 5.92 Å². The molecule has 0 bridgehead atoms. The molecule has 0 aromatic heterocycles. The summed E-state index contributed by atoms with van der Waals surface area (Å²) in [6.07, 6.45) is 2.43. The number of halogens is 6. The Balaban J connectivity index is 0.000000344. The molecule has 0 N–H and O–H groups in total. The van der Waals surface area contributed by atoms with Crippen LogP contribution in [-0.2, 0) is 6.16 Å². The Hall–Kier alpha value is -2.42. The molecule has 1 aliphatic heterocycles. The molecule has 0 saturated carbocycles. The van der Waals surface area contributed by atoms with Crippen molar-refractivity contribution in [3.63, 3.8) is 0 Å². The van der Waals surface area contributed by atoms with Crippen molar-refractivity contribution < 1.29 is 25.2 Å². The number of hydrogen-bond acceptors (Lipinski definition) is 0. The maximum absolute atomic E-state index is 10.7. The Morgan fingerprint density at radius 3 is 1.65 bits per heavy atom. The summed E-state index contributed by atoms with van der Waals surface area (Å²) in [5, 5.41) is 5.89. The van der Waals surface area contributed by atoms with Gasteiger partial charge in [0.05, 0.1) is 30.2 Å². The Kier molecular flexibility index (Phi) is 5.86. The van der Waals surface area contributed by atoms with Gasteiger partial charge in [0.2, 0.25) is 0 Å². The zero-order valence-electron chi connectivity index (χ0n) is 18.4. The summed E-state index contributed by atoms with van der Waals surface area (Å²) in [5.41, 5.74) is 3.13. The van der Waals surface area contributed by atoms with Gasteiger partial charge in [0, 0.05) is 11.5 Å². The van der Waals surface area contributed by atoms with E-state index in [0.717, 1.165) is 0 Å². The summed E-state index contributed by atoms with van der Waals surface area (Å²) in [4.78, 5) is 0. The Labute approximate surface area is 195 Å². The molecule has 34 heavy (non-hydrogen) atoms. The predicted molar refractivity (Wildman–Crippen MR) is 134 cm³/mol. The summed E-state index contributed by atoms with van der Waals surface area (Å²) in [6, 6.07) is 36.2. The molecule has 0 nitrogen and oxygen atoms in total. The average Bonchev–Trinajstić information content (AvgIpc) is 2.78. The van der Waals surface area contributed by atoms with E-state index in [9.17, 15) is 25.2 Å². The molecule has 0 spiro atoms. The van der Waals surface area contributed by atoms with Crippen LogP contribution >= 0.6 is 15.1 Å². The Bertz CT molecular complexity index is 1250. The fourth-order valence-electron chi connectivity index (χ4n) is 4.86. The van der Waals surface area contributed by atoms with Crippen molar-refractivity contribution in [1.82, 2.24) is 0 Å². The first-order valence-electron chi connectivity index (χ1n) is 10.8. The van der Waals surface area contributed by atoms with E-state index in [2.05, 4.69) is 104 Å². The van der Waals surface area contributed by atoms with E-state index in [-0.39, 0.29) is 0 Å². The van der Waals surface area contributed by atoms with Crippen LogP contribution < -0.4 is 10.6 Å². The molecule has 4 aromatic carbocycles. The first-order chi connectivity index (χ1) is 15.7. The van der Waals surface area contributed by atoms with Gasteiger partial charge in [-0.05, 0) is 40.6 Å². The standard InChI is InChI=1S/C26H24P.F6P/c1-20-18-27(22-11-4-2-5-12-22,23-13-6-3-7-14-23)19-26-24(20)17-16-21-10-8-9-15-25(21)26;1-7(2,3,4,5)6/h2-17,20H,18-19H2,1H3;/q+1;-1. The molecule has 1 heterocycles. The summed E-state index contributed by atoms with van der Waals surface area (Å²) >= 11 is 0. The van der Waals surface area contributed by atoms with E-state index in [4.69, 9.17) is 0 Å². The summed E-state index contributed by atoms with van der Waals surface area (Å²) in [7, 11) is -12.1. The van der Waals surface area contributed by atoms with E-state index >= 15 is 0 Å².